The predicted molar refractivity (Wildman–Crippen MR) is 131 cm³/mol. The fourth-order valence-corrected chi connectivity index (χ4v) is 6.07. The third-order valence-electron chi connectivity index (χ3n) is 5.65. The maximum Gasteiger partial charge on any atom is 0.246 e. The summed E-state index contributed by atoms with van der Waals surface area (Å²) in [6.07, 6.45) is 0. The highest BCUT2D eigenvalue weighted by Crippen LogP contribution is 2.33. The van der Waals surface area contributed by atoms with Crippen molar-refractivity contribution in [1.82, 2.24) is 9.29 Å². The summed E-state index contributed by atoms with van der Waals surface area (Å²) in [6.45, 7) is 7.53. The monoisotopic (exact) mass is 485 g/mol. The maximum absolute atomic E-state index is 13.6. The molecule has 0 aliphatic carbocycles. The molecule has 2 heterocycles. The third kappa shape index (κ3) is 4.95. The molecule has 1 aromatic heterocycles. The van der Waals surface area contributed by atoms with E-state index in [4.69, 9.17) is 4.74 Å². The number of sulfonamides is 1. The Morgan fingerprint density at radius 3 is 2.36 bits per heavy atom. The fourth-order valence-electron chi connectivity index (χ4n) is 3.87. The van der Waals surface area contributed by atoms with Crippen molar-refractivity contribution in [2.24, 2.45) is 0 Å². The number of anilines is 1. The number of hydrogen-bond donors (Lipinski definition) is 0. The van der Waals surface area contributed by atoms with Gasteiger partial charge < -0.3 is 9.64 Å². The van der Waals surface area contributed by atoms with Crippen molar-refractivity contribution < 1.29 is 17.9 Å². The molecule has 0 unspecified atom stereocenters. The molecule has 1 fully saturated rings. The summed E-state index contributed by atoms with van der Waals surface area (Å²) in [7, 11) is -3.75. The Kier molecular flexibility index (Phi) is 6.83. The van der Waals surface area contributed by atoms with Gasteiger partial charge in [-0.1, -0.05) is 0 Å². The largest absolute Gasteiger partial charge is 0.492 e. The van der Waals surface area contributed by atoms with E-state index in [9.17, 15) is 13.2 Å². The smallest absolute Gasteiger partial charge is 0.246 e. The Hall–Kier alpha value is -2.75. The normalized spacial score (nSPS) is 14.9. The number of carbonyl (C=O) groups is 1. The molecule has 1 aliphatic rings. The SMILES string of the molecule is CCOc1ccc(-c2csc(C)n2)cc1S(=O)(=O)N1CCN(c2ccc(C(C)=O)cc2)CC1. The molecule has 1 saturated heterocycles. The molecule has 33 heavy (non-hydrogen) atoms. The van der Waals surface area contributed by atoms with Gasteiger partial charge in [0, 0.05) is 48.4 Å². The van der Waals surface area contributed by atoms with E-state index in [1.807, 2.05) is 37.4 Å². The molecule has 174 valence electrons. The number of rotatable bonds is 7. The number of ether oxygens (including phenoxy) is 1. The van der Waals surface area contributed by atoms with Crippen LogP contribution < -0.4 is 9.64 Å². The first-order valence-corrected chi connectivity index (χ1v) is 13.2. The molecular weight excluding hydrogens is 458 g/mol. The van der Waals surface area contributed by atoms with Crippen LogP contribution in [0.15, 0.2) is 52.7 Å². The summed E-state index contributed by atoms with van der Waals surface area (Å²) in [4.78, 5) is 18.3. The molecule has 7 nitrogen and oxygen atoms in total. The van der Waals surface area contributed by atoms with Gasteiger partial charge in [-0.2, -0.15) is 4.31 Å². The molecule has 3 aromatic rings. The van der Waals surface area contributed by atoms with Gasteiger partial charge >= 0.3 is 0 Å². The number of benzene rings is 2. The maximum atomic E-state index is 13.6. The lowest BCUT2D eigenvalue weighted by Gasteiger charge is -2.35. The topological polar surface area (TPSA) is 79.8 Å². The minimum atomic E-state index is -3.75. The first-order valence-electron chi connectivity index (χ1n) is 10.8. The van der Waals surface area contributed by atoms with Gasteiger partial charge in [-0.15, -0.1) is 11.3 Å². The lowest BCUT2D eigenvalue weighted by atomic mass is 10.1. The second kappa shape index (κ2) is 9.62. The fraction of sp³-hybridized carbons (Fsp3) is 0.333. The lowest BCUT2D eigenvalue weighted by molar-refractivity contribution is 0.101. The van der Waals surface area contributed by atoms with Crippen LogP contribution in [0.1, 0.15) is 29.2 Å². The molecular formula is C24H27N3O4S2. The highest BCUT2D eigenvalue weighted by molar-refractivity contribution is 7.89. The van der Waals surface area contributed by atoms with Crippen LogP contribution in [0.2, 0.25) is 0 Å². The molecule has 0 amide bonds. The molecule has 0 N–H and O–H groups in total. The van der Waals surface area contributed by atoms with E-state index in [0.29, 0.717) is 44.1 Å². The van der Waals surface area contributed by atoms with Gasteiger partial charge in [0.25, 0.3) is 0 Å². The van der Waals surface area contributed by atoms with Crippen molar-refractivity contribution in [3.8, 4) is 17.0 Å². The van der Waals surface area contributed by atoms with Crippen LogP contribution in [0.4, 0.5) is 5.69 Å². The van der Waals surface area contributed by atoms with E-state index in [-0.39, 0.29) is 10.7 Å². The van der Waals surface area contributed by atoms with Crippen molar-refractivity contribution >= 4 is 32.8 Å². The standard InChI is InChI=1S/C24H27N3O4S2/c1-4-31-23-10-7-20(22-16-32-18(3)25-22)15-24(23)33(29,30)27-13-11-26(12-14-27)21-8-5-19(6-9-21)17(2)28/h5-10,15-16H,4,11-14H2,1-3H3. The van der Waals surface area contributed by atoms with Crippen LogP contribution in [-0.4, -0.2) is 56.3 Å². The minimum absolute atomic E-state index is 0.0256. The number of thiazole rings is 1. The minimum Gasteiger partial charge on any atom is -0.492 e. The molecule has 0 spiro atoms. The number of aryl methyl sites for hydroxylation is 1. The number of hydrogen-bond acceptors (Lipinski definition) is 7. The average molecular weight is 486 g/mol. The van der Waals surface area contributed by atoms with E-state index >= 15 is 0 Å². The van der Waals surface area contributed by atoms with E-state index in [2.05, 4.69) is 9.88 Å². The molecule has 9 heteroatoms. The first kappa shape index (κ1) is 23.4. The molecule has 1 aliphatic heterocycles. The highest BCUT2D eigenvalue weighted by atomic mass is 32.2. The second-order valence-electron chi connectivity index (χ2n) is 7.84. The highest BCUT2D eigenvalue weighted by Gasteiger charge is 2.31. The van der Waals surface area contributed by atoms with Gasteiger partial charge in [-0.05, 0) is 63.2 Å². The summed E-state index contributed by atoms with van der Waals surface area (Å²) >= 11 is 1.53. The van der Waals surface area contributed by atoms with Gasteiger partial charge in [0.05, 0.1) is 17.3 Å². The number of ketones is 1. The number of carbonyl (C=O) groups excluding carboxylic acids is 1. The van der Waals surface area contributed by atoms with Crippen LogP contribution in [0, 0.1) is 6.92 Å². The third-order valence-corrected chi connectivity index (χ3v) is 8.35. The summed E-state index contributed by atoms with van der Waals surface area (Å²) in [6, 6.07) is 12.7. The van der Waals surface area contributed by atoms with Crippen molar-refractivity contribution in [3.05, 3.63) is 58.4 Å². The number of aromatic nitrogens is 1. The van der Waals surface area contributed by atoms with Crippen molar-refractivity contribution in [3.63, 3.8) is 0 Å². The van der Waals surface area contributed by atoms with E-state index < -0.39 is 10.0 Å². The Labute approximate surface area is 198 Å². The molecule has 0 radical (unpaired) electrons. The number of Topliss-reactive ketones (excluding diaryl/α,β-unsaturated/α-hetero) is 1. The summed E-state index contributed by atoms with van der Waals surface area (Å²) in [5, 5.41) is 2.85. The Morgan fingerprint density at radius 2 is 1.79 bits per heavy atom. The van der Waals surface area contributed by atoms with Crippen LogP contribution >= 0.6 is 11.3 Å². The zero-order valence-electron chi connectivity index (χ0n) is 18.9. The van der Waals surface area contributed by atoms with Crippen molar-refractivity contribution in [2.75, 3.05) is 37.7 Å². The van der Waals surface area contributed by atoms with Gasteiger partial charge in [0.1, 0.15) is 10.6 Å². The Balaban J connectivity index is 1.56. The molecule has 4 rings (SSSR count). The second-order valence-corrected chi connectivity index (χ2v) is 10.8. The Morgan fingerprint density at radius 1 is 1.09 bits per heavy atom. The predicted octanol–water partition coefficient (Wildman–Crippen LogP) is 4.23. The summed E-state index contributed by atoms with van der Waals surface area (Å²) < 4.78 is 34.4. The van der Waals surface area contributed by atoms with E-state index in [0.717, 1.165) is 22.0 Å². The van der Waals surface area contributed by atoms with Gasteiger partial charge in [-0.25, -0.2) is 13.4 Å². The van der Waals surface area contributed by atoms with Crippen LogP contribution in [0.3, 0.4) is 0 Å². The van der Waals surface area contributed by atoms with Gasteiger partial charge in [0.2, 0.25) is 10.0 Å². The zero-order valence-corrected chi connectivity index (χ0v) is 20.6. The molecule has 0 saturated carbocycles. The van der Waals surface area contributed by atoms with E-state index in [1.54, 1.807) is 31.2 Å². The first-order chi connectivity index (χ1) is 15.8. The summed E-state index contributed by atoms with van der Waals surface area (Å²) in [5.74, 6) is 0.382. The molecule has 2 aromatic carbocycles. The Bertz CT molecular complexity index is 1240. The van der Waals surface area contributed by atoms with E-state index in [1.165, 1.54) is 15.6 Å². The van der Waals surface area contributed by atoms with Gasteiger partial charge in [-0.3, -0.25) is 4.79 Å². The number of nitrogens with zero attached hydrogens (tertiary/aromatic N) is 3. The van der Waals surface area contributed by atoms with Crippen LogP contribution in [0.5, 0.6) is 5.75 Å². The van der Waals surface area contributed by atoms with Crippen LogP contribution in [0.25, 0.3) is 11.3 Å². The lowest BCUT2D eigenvalue weighted by Crippen LogP contribution is -2.48. The summed E-state index contributed by atoms with van der Waals surface area (Å²) in [5.41, 5.74) is 3.16. The van der Waals surface area contributed by atoms with Crippen molar-refractivity contribution in [1.29, 1.82) is 0 Å². The average Bonchev–Trinajstić information content (AvgIpc) is 3.26. The quantitative estimate of drug-likeness (QED) is 0.466. The number of piperazine rings is 1. The molecule has 0 atom stereocenters. The van der Waals surface area contributed by atoms with Crippen LogP contribution in [-0.2, 0) is 10.0 Å². The van der Waals surface area contributed by atoms with Crippen molar-refractivity contribution in [2.45, 2.75) is 25.7 Å². The van der Waals surface area contributed by atoms with Gasteiger partial charge in [0.15, 0.2) is 5.78 Å². The molecule has 0 bridgehead atoms. The zero-order chi connectivity index (χ0) is 23.6.